The highest BCUT2D eigenvalue weighted by Gasteiger charge is 2.17. The molecule has 4 nitrogen and oxygen atoms in total. The van der Waals surface area contributed by atoms with Gasteiger partial charge in [0.1, 0.15) is 0 Å². The molecule has 1 amide bonds. The van der Waals surface area contributed by atoms with E-state index in [1.54, 1.807) is 4.90 Å². The summed E-state index contributed by atoms with van der Waals surface area (Å²) in [6.07, 6.45) is 0.346. The Balaban J connectivity index is 2.79. The molecule has 0 aliphatic heterocycles. The molecule has 4 heteroatoms. The number of carbonyl (C=O) groups is 1. The van der Waals surface area contributed by atoms with Crippen molar-refractivity contribution >= 4 is 11.6 Å². The number of hydrogen-bond donors (Lipinski definition) is 0. The fourth-order valence-electron chi connectivity index (χ4n) is 1.89. The van der Waals surface area contributed by atoms with E-state index in [-0.39, 0.29) is 5.91 Å². The second-order valence-corrected chi connectivity index (χ2v) is 4.25. The zero-order chi connectivity index (χ0) is 14.1. The third kappa shape index (κ3) is 4.72. The molecule has 0 heterocycles. The molecule has 1 aromatic rings. The van der Waals surface area contributed by atoms with Gasteiger partial charge in [0, 0.05) is 12.2 Å². The molecule has 0 aromatic heterocycles. The molecule has 0 aliphatic carbocycles. The van der Waals surface area contributed by atoms with Gasteiger partial charge in [0.2, 0.25) is 5.91 Å². The Morgan fingerprint density at radius 2 is 1.84 bits per heavy atom. The highest BCUT2D eigenvalue weighted by Crippen LogP contribution is 2.14. The Bertz CT molecular complexity index is 421. The number of anilines is 1. The van der Waals surface area contributed by atoms with Crippen LogP contribution in [0.25, 0.3) is 0 Å². The Morgan fingerprint density at radius 1 is 1.21 bits per heavy atom. The van der Waals surface area contributed by atoms with Gasteiger partial charge in [-0.25, -0.2) is 0 Å². The van der Waals surface area contributed by atoms with E-state index >= 15 is 0 Å². The number of carbonyl (C=O) groups excluding carboxylic acids is 1. The average Bonchev–Trinajstić information content (AvgIpc) is 2.46. The third-order valence-electron chi connectivity index (χ3n) is 3.07. The normalized spacial score (nSPS) is 10.2. The highest BCUT2D eigenvalue weighted by molar-refractivity contribution is 5.94. The van der Waals surface area contributed by atoms with Crippen molar-refractivity contribution in [3.63, 3.8) is 0 Å². The molecule has 0 aliphatic rings. The molecule has 0 N–H and O–H groups in total. The van der Waals surface area contributed by atoms with Crippen LogP contribution in [0.5, 0.6) is 0 Å². The molecular weight excluding hydrogens is 238 g/mol. The van der Waals surface area contributed by atoms with E-state index < -0.39 is 0 Å². The summed E-state index contributed by atoms with van der Waals surface area (Å²) in [6.45, 7) is 6.62. The summed E-state index contributed by atoms with van der Waals surface area (Å²) in [5.41, 5.74) is 0.856. The van der Waals surface area contributed by atoms with E-state index in [1.807, 2.05) is 44.2 Å². The molecule has 0 saturated carbocycles. The van der Waals surface area contributed by atoms with Crippen LogP contribution in [0.15, 0.2) is 30.3 Å². The van der Waals surface area contributed by atoms with Crippen molar-refractivity contribution < 1.29 is 4.79 Å². The number of likely N-dealkylation sites (N-methyl/N-ethyl adjacent to an activating group) is 1. The quantitative estimate of drug-likeness (QED) is 0.754. The fourth-order valence-corrected chi connectivity index (χ4v) is 1.89. The summed E-state index contributed by atoms with van der Waals surface area (Å²) in [5.74, 6) is 0.0464. The lowest BCUT2D eigenvalue weighted by molar-refractivity contribution is -0.119. The largest absolute Gasteiger partial charge is 0.310 e. The minimum atomic E-state index is 0.0464. The zero-order valence-corrected chi connectivity index (χ0v) is 11.7. The van der Waals surface area contributed by atoms with Gasteiger partial charge in [-0.15, -0.1) is 0 Å². The van der Waals surface area contributed by atoms with Gasteiger partial charge in [0.25, 0.3) is 0 Å². The Kier molecular flexibility index (Phi) is 6.62. The molecule has 0 saturated heterocycles. The number of benzene rings is 1. The van der Waals surface area contributed by atoms with E-state index in [0.717, 1.165) is 18.8 Å². The van der Waals surface area contributed by atoms with Crippen LogP contribution in [0.3, 0.4) is 0 Å². The number of para-hydroxylation sites is 1. The summed E-state index contributed by atoms with van der Waals surface area (Å²) >= 11 is 0. The number of amides is 1. The monoisotopic (exact) mass is 259 g/mol. The molecule has 1 aromatic carbocycles. The van der Waals surface area contributed by atoms with Crippen molar-refractivity contribution in [2.24, 2.45) is 0 Å². The van der Waals surface area contributed by atoms with Gasteiger partial charge in [-0.2, -0.15) is 5.26 Å². The Hall–Kier alpha value is -1.86. The van der Waals surface area contributed by atoms with E-state index in [1.165, 1.54) is 0 Å². The van der Waals surface area contributed by atoms with Crippen molar-refractivity contribution in [3.05, 3.63) is 30.3 Å². The van der Waals surface area contributed by atoms with E-state index in [4.69, 9.17) is 5.26 Å². The van der Waals surface area contributed by atoms with Crippen LogP contribution in [-0.2, 0) is 4.79 Å². The second kappa shape index (κ2) is 8.28. The minimum Gasteiger partial charge on any atom is -0.310 e. The van der Waals surface area contributed by atoms with Crippen LogP contribution in [0.2, 0.25) is 0 Å². The number of nitriles is 1. The van der Waals surface area contributed by atoms with Crippen LogP contribution in [0.4, 0.5) is 5.69 Å². The molecule has 0 spiro atoms. The van der Waals surface area contributed by atoms with Crippen molar-refractivity contribution in [2.75, 3.05) is 31.1 Å². The molecule has 0 radical (unpaired) electrons. The van der Waals surface area contributed by atoms with E-state index in [9.17, 15) is 4.79 Å². The van der Waals surface area contributed by atoms with Gasteiger partial charge in [-0.3, -0.25) is 9.69 Å². The van der Waals surface area contributed by atoms with Crippen molar-refractivity contribution in [1.29, 1.82) is 5.26 Å². The fraction of sp³-hybridized carbons (Fsp3) is 0.467. The maximum absolute atomic E-state index is 12.4. The lowest BCUT2D eigenvalue weighted by atomic mass is 10.2. The molecule has 0 unspecified atom stereocenters. The molecule has 0 atom stereocenters. The first-order valence-electron chi connectivity index (χ1n) is 6.67. The SMILES string of the molecule is CCN(CC)CC(=O)N(CCC#N)c1ccccc1. The summed E-state index contributed by atoms with van der Waals surface area (Å²) in [5, 5.41) is 8.72. The molecule has 1 rings (SSSR count). The van der Waals surface area contributed by atoms with E-state index in [0.29, 0.717) is 19.5 Å². The van der Waals surface area contributed by atoms with Crippen molar-refractivity contribution in [2.45, 2.75) is 20.3 Å². The van der Waals surface area contributed by atoms with Crippen LogP contribution in [0, 0.1) is 11.3 Å². The first kappa shape index (κ1) is 15.2. The highest BCUT2D eigenvalue weighted by atomic mass is 16.2. The van der Waals surface area contributed by atoms with Crippen molar-refractivity contribution in [1.82, 2.24) is 4.90 Å². The van der Waals surface area contributed by atoms with Crippen molar-refractivity contribution in [3.8, 4) is 6.07 Å². The van der Waals surface area contributed by atoms with Crippen LogP contribution in [0.1, 0.15) is 20.3 Å². The average molecular weight is 259 g/mol. The molecule has 0 bridgehead atoms. The zero-order valence-electron chi connectivity index (χ0n) is 11.7. The smallest absolute Gasteiger partial charge is 0.241 e. The van der Waals surface area contributed by atoms with Gasteiger partial charge < -0.3 is 4.90 Å². The maximum Gasteiger partial charge on any atom is 0.241 e. The summed E-state index contributed by atoms with van der Waals surface area (Å²) in [6, 6.07) is 11.6. The number of nitrogens with zero attached hydrogens (tertiary/aromatic N) is 3. The summed E-state index contributed by atoms with van der Waals surface area (Å²) < 4.78 is 0. The van der Waals surface area contributed by atoms with Gasteiger partial charge >= 0.3 is 0 Å². The standard InChI is InChI=1S/C15H21N3O/c1-3-17(4-2)13-15(19)18(12-8-11-16)14-9-6-5-7-10-14/h5-7,9-10H,3-4,8,12-13H2,1-2H3. The van der Waals surface area contributed by atoms with Gasteiger partial charge in [0.15, 0.2) is 0 Å². The van der Waals surface area contributed by atoms with E-state index in [2.05, 4.69) is 11.0 Å². The Labute approximate surface area is 115 Å². The minimum absolute atomic E-state index is 0.0464. The molecule has 19 heavy (non-hydrogen) atoms. The van der Waals surface area contributed by atoms with Crippen LogP contribution in [-0.4, -0.2) is 37.0 Å². The summed E-state index contributed by atoms with van der Waals surface area (Å²) in [7, 11) is 0. The van der Waals surface area contributed by atoms with Gasteiger partial charge in [0.05, 0.1) is 19.0 Å². The lowest BCUT2D eigenvalue weighted by Gasteiger charge is -2.25. The lowest BCUT2D eigenvalue weighted by Crippen LogP contribution is -2.40. The Morgan fingerprint density at radius 3 is 2.37 bits per heavy atom. The second-order valence-electron chi connectivity index (χ2n) is 4.25. The molecule has 0 fully saturated rings. The topological polar surface area (TPSA) is 47.3 Å². The van der Waals surface area contributed by atoms with Gasteiger partial charge in [-0.05, 0) is 25.2 Å². The number of rotatable bonds is 7. The summed E-state index contributed by atoms with van der Waals surface area (Å²) in [4.78, 5) is 16.1. The first-order valence-corrected chi connectivity index (χ1v) is 6.67. The van der Waals surface area contributed by atoms with Crippen LogP contribution >= 0.6 is 0 Å². The number of hydrogen-bond acceptors (Lipinski definition) is 3. The third-order valence-corrected chi connectivity index (χ3v) is 3.07. The first-order chi connectivity index (χ1) is 9.22. The van der Waals surface area contributed by atoms with Gasteiger partial charge in [-0.1, -0.05) is 32.0 Å². The van der Waals surface area contributed by atoms with Crippen LogP contribution < -0.4 is 4.90 Å². The maximum atomic E-state index is 12.4. The predicted molar refractivity (Wildman–Crippen MR) is 76.8 cm³/mol. The molecule has 102 valence electrons. The molecular formula is C15H21N3O. The predicted octanol–water partition coefficient (Wildman–Crippen LogP) is 2.28.